The first-order chi connectivity index (χ1) is 11.4. The lowest BCUT2D eigenvalue weighted by atomic mass is 10.1. The van der Waals surface area contributed by atoms with Gasteiger partial charge in [-0.15, -0.1) is 0 Å². The topological polar surface area (TPSA) is 12.5 Å². The average Bonchev–Trinajstić information content (AvgIpc) is 3.17. The Labute approximate surface area is 151 Å². The fourth-order valence-electron chi connectivity index (χ4n) is 2.23. The third-order valence-corrected chi connectivity index (χ3v) is 3.56. The molecule has 0 bridgehead atoms. The fourth-order valence-corrected chi connectivity index (χ4v) is 2.23. The second kappa shape index (κ2) is 7.13. The summed E-state index contributed by atoms with van der Waals surface area (Å²) in [5.41, 5.74) is 2.55. The maximum absolute atomic E-state index is 12.7. The van der Waals surface area contributed by atoms with Crippen molar-refractivity contribution in [2.75, 3.05) is 0 Å². The average molecular weight is 368 g/mol. The highest BCUT2D eigenvalue weighted by Crippen LogP contribution is 2.61. The molecule has 1 aliphatic heterocycles. The van der Waals surface area contributed by atoms with Gasteiger partial charge in [-0.25, -0.2) is 17.6 Å². The van der Waals surface area contributed by atoms with Crippen LogP contribution in [0.2, 0.25) is 0 Å². The normalized spacial score (nSPS) is 26.5. The van der Waals surface area contributed by atoms with E-state index < -0.39 is 29.2 Å². The number of benzene rings is 2. The molecule has 1 heterocycles. The molecule has 0 amide bonds. The molecule has 25 heavy (non-hydrogen) atoms. The number of allylic oxidation sites excluding steroid dienone is 2. The second-order valence-electron chi connectivity index (χ2n) is 5.19. The van der Waals surface area contributed by atoms with Gasteiger partial charge in [-0.2, -0.15) is 4.39 Å². The highest BCUT2D eigenvalue weighted by molar-refractivity contribution is 5.75. The van der Waals surface area contributed by atoms with Crippen LogP contribution in [0.25, 0.3) is 11.1 Å². The van der Waals surface area contributed by atoms with Gasteiger partial charge in [0.25, 0.3) is 0 Å². The number of ether oxygens (including phenoxy) is 1. The van der Waals surface area contributed by atoms with Crippen LogP contribution in [0, 0.1) is 0 Å². The molecule has 130 valence electrons. The number of epoxide rings is 1. The standard InChI is InChI=1S/C12H10.C6HF5O.Al.3H/c1-3-7-11(8-4-1)12-9-5-2-6-10-12;7-2-1-5(10)6(11,12-5)4(9)3(2)8;;;;/h1-10H;1H;;;;. The van der Waals surface area contributed by atoms with Gasteiger partial charge in [0.05, 0.1) is 0 Å². The van der Waals surface area contributed by atoms with E-state index in [1.54, 1.807) is 0 Å². The van der Waals surface area contributed by atoms with Crippen LogP contribution in [0.5, 0.6) is 0 Å². The summed E-state index contributed by atoms with van der Waals surface area (Å²) in [6.07, 6.45) is -0.0780. The first-order valence-corrected chi connectivity index (χ1v) is 7.00. The van der Waals surface area contributed by atoms with Crippen LogP contribution in [0.1, 0.15) is 0 Å². The van der Waals surface area contributed by atoms with Crippen LogP contribution in [-0.2, 0) is 4.74 Å². The summed E-state index contributed by atoms with van der Waals surface area (Å²) in [6, 6.07) is 20.8. The Bertz CT molecular complexity index is 771. The van der Waals surface area contributed by atoms with Gasteiger partial charge in [0.1, 0.15) is 0 Å². The number of hydrogen-bond donors (Lipinski definition) is 0. The Morgan fingerprint density at radius 1 is 0.720 bits per heavy atom. The minimum Gasteiger partial charge on any atom is -0.289 e. The van der Waals surface area contributed by atoms with E-state index >= 15 is 0 Å². The molecule has 0 spiro atoms. The van der Waals surface area contributed by atoms with Crippen molar-refractivity contribution in [1.29, 1.82) is 0 Å². The summed E-state index contributed by atoms with van der Waals surface area (Å²) in [6.45, 7) is 0. The van der Waals surface area contributed by atoms with E-state index in [1.807, 2.05) is 12.1 Å². The van der Waals surface area contributed by atoms with Crippen LogP contribution < -0.4 is 0 Å². The summed E-state index contributed by atoms with van der Waals surface area (Å²) in [4.78, 5) is 0. The minimum absolute atomic E-state index is 0. The Kier molecular flexibility index (Phi) is 5.53. The van der Waals surface area contributed by atoms with Gasteiger partial charge < -0.3 is 0 Å². The predicted octanol–water partition coefficient (Wildman–Crippen LogP) is 4.54. The fraction of sp³-hybridized carbons (Fsp3) is 0.111. The monoisotopic (exact) mass is 368 g/mol. The van der Waals surface area contributed by atoms with Crippen LogP contribution in [0.3, 0.4) is 0 Å². The van der Waals surface area contributed by atoms with Gasteiger partial charge in [-0.3, -0.25) is 4.74 Å². The smallest absolute Gasteiger partial charge is 0.289 e. The van der Waals surface area contributed by atoms with Crippen LogP contribution in [-0.4, -0.2) is 29.1 Å². The van der Waals surface area contributed by atoms with Crippen LogP contribution in [0.15, 0.2) is 84.2 Å². The van der Waals surface area contributed by atoms with E-state index in [1.165, 1.54) is 11.1 Å². The number of fused-ring (bicyclic) bond motifs is 1. The molecule has 0 saturated carbocycles. The lowest BCUT2D eigenvalue weighted by Gasteiger charge is -2.06. The van der Waals surface area contributed by atoms with Gasteiger partial charge >= 0.3 is 11.7 Å². The molecule has 2 aromatic carbocycles. The summed E-state index contributed by atoms with van der Waals surface area (Å²) >= 11 is 0. The van der Waals surface area contributed by atoms with Gasteiger partial charge in [0, 0.05) is 6.08 Å². The number of rotatable bonds is 1. The molecule has 4 rings (SSSR count). The zero-order valence-electron chi connectivity index (χ0n) is 12.1. The predicted molar refractivity (Wildman–Crippen MR) is 89.0 cm³/mol. The lowest BCUT2D eigenvalue weighted by molar-refractivity contribution is 0.143. The van der Waals surface area contributed by atoms with Crippen LogP contribution >= 0.6 is 0 Å². The number of hydrogen-bond acceptors (Lipinski definition) is 1. The van der Waals surface area contributed by atoms with Gasteiger partial charge in [0.2, 0.25) is 5.83 Å². The molecular formula is C18H14AlF5O. The molecule has 0 aromatic heterocycles. The molecule has 1 saturated heterocycles. The molecule has 0 N–H and O–H groups in total. The van der Waals surface area contributed by atoms with E-state index in [2.05, 4.69) is 53.3 Å². The molecule has 1 aliphatic carbocycles. The highest BCUT2D eigenvalue weighted by atomic mass is 27.0. The summed E-state index contributed by atoms with van der Waals surface area (Å²) in [5.74, 6) is -12.7. The molecular weight excluding hydrogens is 354 g/mol. The van der Waals surface area contributed by atoms with E-state index in [0.717, 1.165) is 0 Å². The van der Waals surface area contributed by atoms with Crippen molar-refractivity contribution in [3.05, 3.63) is 84.2 Å². The largest absolute Gasteiger partial charge is 0.331 e. The van der Waals surface area contributed by atoms with Crippen molar-refractivity contribution in [2.24, 2.45) is 0 Å². The van der Waals surface area contributed by atoms with Crippen molar-refractivity contribution in [3.8, 4) is 11.1 Å². The molecule has 1 nitrogen and oxygen atoms in total. The van der Waals surface area contributed by atoms with E-state index in [-0.39, 0.29) is 23.4 Å². The quantitative estimate of drug-likeness (QED) is 0.409. The molecule has 2 aliphatic rings. The first kappa shape index (κ1) is 19.4. The van der Waals surface area contributed by atoms with E-state index in [0.29, 0.717) is 0 Å². The Hall–Kier alpha value is -1.94. The molecule has 1 fully saturated rings. The third kappa shape index (κ3) is 3.54. The first-order valence-electron chi connectivity index (χ1n) is 7.00. The highest BCUT2D eigenvalue weighted by Gasteiger charge is 2.79. The zero-order valence-corrected chi connectivity index (χ0v) is 12.1. The number of halogens is 5. The lowest BCUT2D eigenvalue weighted by Crippen LogP contribution is -2.20. The van der Waals surface area contributed by atoms with Crippen molar-refractivity contribution >= 4 is 17.4 Å². The van der Waals surface area contributed by atoms with Crippen molar-refractivity contribution in [1.82, 2.24) is 0 Å². The van der Waals surface area contributed by atoms with E-state index in [9.17, 15) is 22.0 Å². The molecule has 7 heteroatoms. The zero-order chi connectivity index (χ0) is 17.4. The molecule has 2 aromatic rings. The van der Waals surface area contributed by atoms with E-state index in [4.69, 9.17) is 0 Å². The SMILES string of the molecule is FC1=CC2(F)OC2(F)C(F)=C1F.[AlH3].c1ccc(-c2ccccc2)cc1. The Morgan fingerprint density at radius 3 is 1.60 bits per heavy atom. The second-order valence-corrected chi connectivity index (χ2v) is 5.19. The maximum atomic E-state index is 12.7. The molecule has 0 radical (unpaired) electrons. The summed E-state index contributed by atoms with van der Waals surface area (Å²) in [7, 11) is 0. The van der Waals surface area contributed by atoms with Crippen molar-refractivity contribution in [2.45, 2.75) is 11.7 Å². The third-order valence-electron chi connectivity index (χ3n) is 3.56. The summed E-state index contributed by atoms with van der Waals surface area (Å²) in [5, 5.41) is 0. The number of alkyl halides is 2. The Balaban J connectivity index is 0.000000173. The minimum atomic E-state index is -3.45. The molecule has 2 unspecified atom stereocenters. The van der Waals surface area contributed by atoms with Crippen molar-refractivity contribution < 1.29 is 26.7 Å². The Morgan fingerprint density at radius 2 is 1.16 bits per heavy atom. The van der Waals surface area contributed by atoms with Gasteiger partial charge in [0.15, 0.2) is 29.0 Å². The van der Waals surface area contributed by atoms with Gasteiger partial charge in [-0.05, 0) is 11.1 Å². The van der Waals surface area contributed by atoms with Crippen LogP contribution in [0.4, 0.5) is 22.0 Å². The maximum Gasteiger partial charge on any atom is 0.331 e. The van der Waals surface area contributed by atoms with Gasteiger partial charge in [-0.1, -0.05) is 60.7 Å². The summed E-state index contributed by atoms with van der Waals surface area (Å²) < 4.78 is 65.7. The molecule has 2 atom stereocenters. The van der Waals surface area contributed by atoms with Crippen molar-refractivity contribution in [3.63, 3.8) is 0 Å².